The van der Waals surface area contributed by atoms with Crippen LogP contribution in [0.3, 0.4) is 0 Å². The molecule has 1 radical (unpaired) electrons. The summed E-state index contributed by atoms with van der Waals surface area (Å²) < 4.78 is 23.1. The molecule has 2 aromatic carbocycles. The third-order valence-electron chi connectivity index (χ3n) is 17.6. The zero-order valence-corrected chi connectivity index (χ0v) is 48.6. The Labute approximate surface area is 492 Å². The number of amides is 1. The van der Waals surface area contributed by atoms with E-state index in [9.17, 15) is 49.5 Å². The zero-order valence-electron chi connectivity index (χ0n) is 47.4. The molecule has 0 spiro atoms. The monoisotopic (exact) mass is 1180 g/mol. The number of hydrogen-bond acceptors (Lipinski definition) is 18. The number of aromatic nitrogens is 4. The molecule has 3 aliphatic heterocycles. The van der Waals surface area contributed by atoms with Crippen LogP contribution in [0.15, 0.2) is 48.1 Å². The van der Waals surface area contributed by atoms with Gasteiger partial charge < -0.3 is 60.2 Å². The maximum absolute atomic E-state index is 14.6. The number of phenols is 2. The topological polar surface area (TPSA) is 328 Å². The second-order valence-corrected chi connectivity index (χ2v) is 22.2. The Morgan fingerprint density at radius 1 is 0.952 bits per heavy atom. The maximum Gasteiger partial charge on any atom is 2.00 e. The molecular weight excluding hydrogens is 1120 g/mol. The van der Waals surface area contributed by atoms with Crippen molar-refractivity contribution in [2.24, 2.45) is 10.8 Å². The Kier molecular flexibility index (Phi) is 15.9. The number of allylic oxidation sites excluding steroid dienone is 2. The number of aromatic hydroxyl groups is 2. The molecule has 1 amide bonds. The number of aliphatic hydroxyl groups excluding tert-OH is 2. The van der Waals surface area contributed by atoms with Gasteiger partial charge in [0.15, 0.2) is 17.9 Å². The number of Topliss-reactive ketones (excluding diaryl/α,β-unsaturated/α-hetero) is 1. The average Bonchev–Trinajstić information content (AvgIpc) is 3.53. The molecule has 5 aromatic rings. The molecule has 11 rings (SSSR count). The van der Waals surface area contributed by atoms with E-state index < -0.39 is 131 Å². The van der Waals surface area contributed by atoms with Gasteiger partial charge >= 0.3 is 23.0 Å². The van der Waals surface area contributed by atoms with Gasteiger partial charge in [0.2, 0.25) is 11.7 Å². The van der Waals surface area contributed by atoms with Gasteiger partial charge in [0.25, 0.3) is 0 Å². The minimum absolute atomic E-state index is 0. The van der Waals surface area contributed by atoms with Crippen LogP contribution in [0.1, 0.15) is 182 Å². The van der Waals surface area contributed by atoms with Gasteiger partial charge in [-0.25, -0.2) is 10.4 Å². The van der Waals surface area contributed by atoms with Crippen molar-refractivity contribution in [2.45, 2.75) is 134 Å². The number of methoxy groups -OCH3 is 2. The number of ketones is 3. The number of aliphatic hydroxyl groups is 3. The molecule has 1 fully saturated rings. The summed E-state index contributed by atoms with van der Waals surface area (Å²) in [5.41, 5.74) is 13.4. The van der Waals surface area contributed by atoms with Crippen molar-refractivity contribution < 1.29 is 85.5 Å². The van der Waals surface area contributed by atoms with Crippen molar-refractivity contribution in [1.82, 2.24) is 25.4 Å². The van der Waals surface area contributed by atoms with E-state index in [2.05, 4.69) is 17.1 Å². The van der Waals surface area contributed by atoms with Crippen LogP contribution in [0.2, 0.25) is 0 Å². The van der Waals surface area contributed by atoms with Gasteiger partial charge in [-0.3, -0.25) is 29.0 Å². The second kappa shape index (κ2) is 22.4. The average molecular weight is 1190 g/mol. The van der Waals surface area contributed by atoms with Crippen LogP contribution in [0.4, 0.5) is 0 Å². The van der Waals surface area contributed by atoms with Crippen LogP contribution in [0.25, 0.3) is 39.3 Å². The Balaban J connectivity index is 0.00000786. The summed E-state index contributed by atoms with van der Waals surface area (Å²) in [4.78, 5) is 91.5. The molecule has 6 aliphatic rings. The summed E-state index contributed by atoms with van der Waals surface area (Å²) in [6, 6.07) is 9.15. The van der Waals surface area contributed by atoms with E-state index in [1.54, 1.807) is 19.9 Å². The van der Waals surface area contributed by atoms with Crippen molar-refractivity contribution in [3.05, 3.63) is 127 Å². The molecule has 9 atom stereocenters. The van der Waals surface area contributed by atoms with Crippen molar-refractivity contribution in [3.63, 3.8) is 0 Å². The number of ether oxygens (including phenoxy) is 4. The zero-order chi connectivity index (χ0) is 59.4. The van der Waals surface area contributed by atoms with Crippen LogP contribution in [0.5, 0.6) is 17.2 Å². The van der Waals surface area contributed by atoms with E-state index in [-0.39, 0.29) is 81.0 Å². The molecular formula is C62H63MnN7O14. The quantitative estimate of drug-likeness (QED) is 0.0179. The van der Waals surface area contributed by atoms with Gasteiger partial charge in [0.05, 0.1) is 72.9 Å². The predicted molar refractivity (Wildman–Crippen MR) is 303 cm³/mol. The summed E-state index contributed by atoms with van der Waals surface area (Å²) >= 11 is 0. The summed E-state index contributed by atoms with van der Waals surface area (Å²) in [5, 5.41) is 62.9. The normalized spacial score (nSPS) is 24.3. The molecule has 22 heteroatoms. The number of nitrogens with zero attached hydrogens (tertiary/aromatic N) is 5. The van der Waals surface area contributed by atoms with Gasteiger partial charge in [0, 0.05) is 77.2 Å². The molecule has 84 heavy (non-hydrogen) atoms. The number of hydrogen-bond donors (Lipinski definition) is 7. The second-order valence-electron chi connectivity index (χ2n) is 22.2. The summed E-state index contributed by atoms with van der Waals surface area (Å²) in [6.45, 7) is 14.4. The number of nitrogens with two attached hydrogens (primary N) is 1. The molecule has 1 unspecified atom stereocenters. The largest absolute Gasteiger partial charge is 2.00 e. The van der Waals surface area contributed by atoms with Gasteiger partial charge in [-0.05, 0) is 68.9 Å². The minimum atomic E-state index is -2.29. The molecule has 3 aromatic heterocycles. The molecule has 3 aliphatic carbocycles. The first kappa shape index (κ1) is 59.5. The summed E-state index contributed by atoms with van der Waals surface area (Å²) in [6.07, 6.45) is -3.50. The molecule has 0 saturated carbocycles. The number of carbonyl (C=O) groups is 5. The molecule has 1 saturated heterocycles. The number of fused-ring (bicyclic) bond motifs is 11. The number of esters is 1. The fourth-order valence-corrected chi connectivity index (χ4v) is 13.0. The van der Waals surface area contributed by atoms with E-state index in [1.807, 2.05) is 45.9 Å². The van der Waals surface area contributed by atoms with Crippen molar-refractivity contribution in [2.75, 3.05) is 20.8 Å². The van der Waals surface area contributed by atoms with Crippen LogP contribution >= 0.6 is 0 Å². The Hall–Kier alpha value is -7.66. The maximum atomic E-state index is 14.6. The fraction of sp³-hybridized carbons (Fsp3) is 0.387. The van der Waals surface area contributed by atoms with Gasteiger partial charge in [-0.2, -0.15) is 5.10 Å². The van der Waals surface area contributed by atoms with E-state index in [1.165, 1.54) is 32.4 Å². The van der Waals surface area contributed by atoms with E-state index in [0.717, 1.165) is 28.0 Å². The predicted octanol–water partition coefficient (Wildman–Crippen LogP) is 6.21. The van der Waals surface area contributed by atoms with Gasteiger partial charge in [-0.15, -0.1) is 22.1 Å². The number of nitrogens with one attached hydrogen (secondary N) is 1. The molecule has 8 N–H and O–H groups in total. The number of benzene rings is 2. The SMILES string of the molecule is C=Cc1c(C)c2cc3nc(c4c5[n-]c(cc6nc(cc1[n-]2)C(C)=C6CC)c(C)c5C(=O)C4C(=O)OC)[C@@H](CCC(=O)N/N=C(/CO)[C@@]1(O)Cc2c(O)c4c(c(O)c2[C@H](O[C@H]2C[C@@H](N)[C@@H](O)[C@@H](C)O2)C1)C(=O)c1c(OC)cccc1C4=O)[C@H]3C.[Mn+2]. The van der Waals surface area contributed by atoms with Crippen LogP contribution in [-0.4, -0.2) is 121 Å². The number of carbonyl (C=O) groups excluding carboxylic acids is 5. The number of phenolic OH excluding ortho intramolecular Hbond substituents is 2. The van der Waals surface area contributed by atoms with Crippen molar-refractivity contribution in [3.8, 4) is 17.2 Å². The van der Waals surface area contributed by atoms with Crippen LogP contribution in [-0.2, 0) is 47.3 Å². The number of rotatable bonds is 12. The van der Waals surface area contributed by atoms with E-state index >= 15 is 0 Å². The smallest absolute Gasteiger partial charge is 0.657 e. The Morgan fingerprint density at radius 2 is 1.67 bits per heavy atom. The third kappa shape index (κ3) is 9.39. The Bertz CT molecular complexity index is 3930. The molecule has 6 heterocycles. The van der Waals surface area contributed by atoms with E-state index in [0.29, 0.717) is 45.6 Å². The first-order chi connectivity index (χ1) is 39.6. The first-order valence-corrected chi connectivity index (χ1v) is 27.5. The third-order valence-corrected chi connectivity index (χ3v) is 17.6. The van der Waals surface area contributed by atoms with Gasteiger partial charge in [-0.1, -0.05) is 68.0 Å². The number of aryl methyl sites for hydroxylation is 2. The first-order valence-electron chi connectivity index (χ1n) is 27.5. The van der Waals surface area contributed by atoms with Crippen molar-refractivity contribution >= 4 is 74.2 Å². The Morgan fingerprint density at radius 3 is 2.35 bits per heavy atom. The van der Waals surface area contributed by atoms with Gasteiger partial charge in [0.1, 0.15) is 28.8 Å². The number of hydrazone groups is 1. The van der Waals surface area contributed by atoms with E-state index in [4.69, 9.17) is 44.6 Å². The van der Waals surface area contributed by atoms with Crippen LogP contribution in [0, 0.1) is 13.8 Å². The van der Waals surface area contributed by atoms with Crippen LogP contribution < -0.4 is 25.9 Å². The fourth-order valence-electron chi connectivity index (χ4n) is 13.0. The standard InChI is InChI=1S/C62H65N7O14.Mn/c1-10-29-24(3)35-18-37-26(5)31(53(66-37)49-52(61(78)81-9)58(75)46-27(6)38(67-54(46)49)20-40-30(11-2)25(4)36(65-40)19-39(29)64-35)15-16-44(71)69-68-43(23-70)62(79)21-33-48(42(22-62)83-45-17-34(63)55(72)28(7)82-45)60(77)51-50(57(33)74)56(73)32-13-12-14-41(80-8)47(32)59(51)76;/h10,12-14,18-20,26,28,31,34,42,45,52,55,70,72,79H,1,11,15-17,21-23,63H2,2-9H3,(H5,64,65,66,67,69,71,73,74,75,76,77);/q;+2/p-2/b68-43-;/t26-,28-,31+,34-,42-,45+,52?,55+,62-;/m1./s1. The summed E-state index contributed by atoms with van der Waals surface area (Å²) in [5.74, 6) is -7.51. The molecule has 21 nitrogen and oxygen atoms in total. The molecule has 8 bridgehead atoms. The molecule has 437 valence electrons. The van der Waals surface area contributed by atoms with Crippen molar-refractivity contribution in [1.29, 1.82) is 0 Å². The minimum Gasteiger partial charge on any atom is -0.657 e. The summed E-state index contributed by atoms with van der Waals surface area (Å²) in [7, 11) is 2.52.